The van der Waals surface area contributed by atoms with Crippen LogP contribution in [0.15, 0.2) is 103 Å². The highest BCUT2D eigenvalue weighted by atomic mass is 32.1. The van der Waals surface area contributed by atoms with Gasteiger partial charge in [0.05, 0.1) is 11.0 Å². The van der Waals surface area contributed by atoms with Gasteiger partial charge in [-0.25, -0.2) is 4.79 Å². The fraction of sp³-hybridized carbons (Fsp3) is 0.333. The van der Waals surface area contributed by atoms with Gasteiger partial charge in [-0.1, -0.05) is 91.0 Å². The highest BCUT2D eigenvalue weighted by molar-refractivity contribution is 7.09. The van der Waals surface area contributed by atoms with Gasteiger partial charge in [0.15, 0.2) is 0 Å². The average Bonchev–Trinajstić information content (AvgIpc) is 3.48. The summed E-state index contributed by atoms with van der Waals surface area (Å²) >= 11 is 1.65. The van der Waals surface area contributed by atoms with E-state index >= 15 is 0 Å². The number of nitrogens with one attached hydrogen (secondary N) is 1. The van der Waals surface area contributed by atoms with Crippen LogP contribution in [0.2, 0.25) is 0 Å². The van der Waals surface area contributed by atoms with Crippen LogP contribution in [0.1, 0.15) is 28.0 Å². The quantitative estimate of drug-likeness (QED) is 0.226. The Morgan fingerprint density at radius 3 is 2.10 bits per heavy atom. The van der Waals surface area contributed by atoms with Crippen molar-refractivity contribution in [3.63, 3.8) is 0 Å². The first kappa shape index (κ1) is 28.0. The highest BCUT2D eigenvalue weighted by Gasteiger charge is 2.44. The Kier molecular flexibility index (Phi) is 9.60. The lowest BCUT2D eigenvalue weighted by Crippen LogP contribution is -2.63. The van der Waals surface area contributed by atoms with E-state index in [-0.39, 0.29) is 5.92 Å². The van der Waals surface area contributed by atoms with Crippen molar-refractivity contribution in [2.45, 2.75) is 37.9 Å². The van der Waals surface area contributed by atoms with E-state index in [0.29, 0.717) is 6.42 Å². The van der Waals surface area contributed by atoms with E-state index in [1.54, 1.807) is 11.3 Å². The van der Waals surface area contributed by atoms with E-state index in [1.165, 1.54) is 16.0 Å². The van der Waals surface area contributed by atoms with E-state index in [2.05, 4.69) is 92.9 Å². The van der Waals surface area contributed by atoms with Crippen molar-refractivity contribution in [2.75, 3.05) is 26.2 Å². The van der Waals surface area contributed by atoms with Crippen LogP contribution in [0.3, 0.4) is 0 Å². The summed E-state index contributed by atoms with van der Waals surface area (Å²) < 4.78 is 0. The maximum atomic E-state index is 12.1. The first-order valence-electron chi connectivity index (χ1n) is 14.0. The molecule has 40 heavy (non-hydrogen) atoms. The number of carbonyl (C=O) groups is 1. The molecule has 2 atom stereocenters. The number of hydrogen-bond donors (Lipinski definition) is 2. The average molecular weight is 555 g/mol. The number of piperidine rings is 1. The summed E-state index contributed by atoms with van der Waals surface area (Å²) in [5.41, 5.74) is 5.13. The summed E-state index contributed by atoms with van der Waals surface area (Å²) in [4.78, 5) is 22.7. The second-order valence-electron chi connectivity index (χ2n) is 10.8. The second kappa shape index (κ2) is 13.7. The van der Waals surface area contributed by atoms with Crippen molar-refractivity contribution in [1.82, 2.24) is 20.1 Å². The van der Waals surface area contributed by atoms with Crippen molar-refractivity contribution in [2.24, 2.45) is 5.92 Å². The number of thiazole rings is 1. The lowest BCUT2D eigenvalue weighted by molar-refractivity contribution is 0.0589. The van der Waals surface area contributed by atoms with E-state index in [1.807, 2.05) is 29.9 Å². The van der Waals surface area contributed by atoms with Crippen LogP contribution in [0.4, 0.5) is 4.79 Å². The van der Waals surface area contributed by atoms with Gasteiger partial charge in [0.1, 0.15) is 0 Å². The molecule has 0 spiro atoms. The summed E-state index contributed by atoms with van der Waals surface area (Å²) in [7, 11) is 0. The van der Waals surface area contributed by atoms with Crippen LogP contribution in [0.5, 0.6) is 0 Å². The van der Waals surface area contributed by atoms with Crippen molar-refractivity contribution < 1.29 is 9.90 Å². The maximum absolute atomic E-state index is 12.1. The van der Waals surface area contributed by atoms with Crippen molar-refractivity contribution in [1.29, 1.82) is 0 Å². The fourth-order valence-electron chi connectivity index (χ4n) is 5.98. The molecule has 1 aromatic heterocycles. The Hall–Kier alpha value is -3.52. The number of rotatable bonds is 12. The molecule has 4 aromatic rings. The van der Waals surface area contributed by atoms with Crippen molar-refractivity contribution in [3.05, 3.63) is 124 Å². The van der Waals surface area contributed by atoms with E-state index in [4.69, 9.17) is 0 Å². The molecule has 1 fully saturated rings. The number of nitrogens with zero attached hydrogens (tertiary/aromatic N) is 3. The minimum absolute atomic E-state index is 0.134. The van der Waals surface area contributed by atoms with Crippen molar-refractivity contribution in [3.8, 4) is 0 Å². The first-order chi connectivity index (χ1) is 19.6. The predicted molar refractivity (Wildman–Crippen MR) is 161 cm³/mol. The molecule has 5 rings (SSSR count). The Labute approximate surface area is 241 Å². The Morgan fingerprint density at radius 1 is 0.950 bits per heavy atom. The Bertz CT molecular complexity index is 1260. The van der Waals surface area contributed by atoms with Gasteiger partial charge in [0, 0.05) is 56.3 Å². The van der Waals surface area contributed by atoms with Gasteiger partial charge in [-0.3, -0.25) is 9.88 Å². The predicted octanol–water partition coefficient (Wildman–Crippen LogP) is 5.96. The summed E-state index contributed by atoms with van der Waals surface area (Å²) in [5.74, 6) is 0.134. The molecule has 6 nitrogen and oxygen atoms in total. The third kappa shape index (κ3) is 7.78. The fourth-order valence-corrected chi connectivity index (χ4v) is 6.66. The zero-order chi connectivity index (χ0) is 27.6. The molecule has 2 N–H and O–H groups in total. The van der Waals surface area contributed by atoms with Gasteiger partial charge in [-0.15, -0.1) is 11.3 Å². The molecule has 2 heterocycles. The summed E-state index contributed by atoms with van der Waals surface area (Å²) in [6.45, 7) is 5.37. The zero-order valence-corrected chi connectivity index (χ0v) is 23.7. The summed E-state index contributed by atoms with van der Waals surface area (Å²) in [6.07, 6.45) is 3.25. The van der Waals surface area contributed by atoms with Gasteiger partial charge < -0.3 is 15.3 Å². The molecule has 2 unspecified atom stereocenters. The van der Waals surface area contributed by atoms with E-state index < -0.39 is 11.6 Å². The van der Waals surface area contributed by atoms with Gasteiger partial charge in [0.2, 0.25) is 0 Å². The molecule has 1 amide bonds. The molecule has 208 valence electrons. The minimum atomic E-state index is -0.949. The molecule has 7 heteroatoms. The minimum Gasteiger partial charge on any atom is -0.465 e. The van der Waals surface area contributed by atoms with Gasteiger partial charge in [-0.2, -0.15) is 0 Å². The Balaban J connectivity index is 1.32. The van der Waals surface area contributed by atoms with E-state index in [9.17, 15) is 9.90 Å². The molecule has 0 radical (unpaired) electrons. The maximum Gasteiger partial charge on any atom is 0.405 e. The molecular formula is C33H38N4O2S. The topological polar surface area (TPSA) is 68.7 Å². The normalized spacial score (nSPS) is 19.5. The highest BCUT2D eigenvalue weighted by Crippen LogP contribution is 2.35. The molecule has 1 saturated heterocycles. The third-order valence-electron chi connectivity index (χ3n) is 8.01. The lowest BCUT2D eigenvalue weighted by atomic mass is 9.72. The van der Waals surface area contributed by atoms with Crippen molar-refractivity contribution >= 4 is 17.4 Å². The van der Waals surface area contributed by atoms with Crippen LogP contribution >= 0.6 is 11.3 Å². The van der Waals surface area contributed by atoms with Crippen LogP contribution in [-0.2, 0) is 25.9 Å². The summed E-state index contributed by atoms with van der Waals surface area (Å²) in [6, 6.07) is 31.6. The largest absolute Gasteiger partial charge is 0.465 e. The zero-order valence-electron chi connectivity index (χ0n) is 22.9. The van der Waals surface area contributed by atoms with E-state index in [0.717, 1.165) is 57.7 Å². The number of carboxylic acid groups (broad SMARTS) is 1. The standard InChI is InChI=1S/C33H38N4O2S/c38-32(39)35-33(21-27-10-4-1-5-11-27)16-17-36(25-30(33)20-31-22-34-26-40-31)18-19-37(23-28-12-6-2-7-13-28)24-29-14-8-3-9-15-29/h1-15,22,26,30,35H,16-21,23-25H2,(H,38,39). The molecule has 0 aliphatic carbocycles. The number of likely N-dealkylation sites (tertiary alicyclic amines) is 1. The molecule has 1 aliphatic heterocycles. The number of amides is 1. The SMILES string of the molecule is O=C(O)NC1(Cc2ccccc2)CCN(CCN(Cc2ccccc2)Cc2ccccc2)CC1Cc1cncs1. The molecule has 1 aliphatic rings. The molecule has 3 aromatic carbocycles. The smallest absolute Gasteiger partial charge is 0.405 e. The second-order valence-corrected chi connectivity index (χ2v) is 11.8. The number of aromatic nitrogens is 1. The van der Waals surface area contributed by atoms with Gasteiger partial charge in [0.25, 0.3) is 0 Å². The molecule has 0 bridgehead atoms. The third-order valence-corrected chi connectivity index (χ3v) is 8.82. The van der Waals surface area contributed by atoms with Crippen LogP contribution < -0.4 is 5.32 Å². The molecule has 0 saturated carbocycles. The van der Waals surface area contributed by atoms with Crippen LogP contribution in [0, 0.1) is 5.92 Å². The van der Waals surface area contributed by atoms with Crippen LogP contribution in [-0.4, -0.2) is 57.7 Å². The Morgan fingerprint density at radius 2 is 1.55 bits per heavy atom. The number of hydrogen-bond acceptors (Lipinski definition) is 5. The van der Waals surface area contributed by atoms with Gasteiger partial charge in [-0.05, 0) is 36.0 Å². The van der Waals surface area contributed by atoms with Crippen LogP contribution in [0.25, 0.3) is 0 Å². The lowest BCUT2D eigenvalue weighted by Gasteiger charge is -2.48. The molecular weight excluding hydrogens is 516 g/mol. The first-order valence-corrected chi connectivity index (χ1v) is 14.9. The summed E-state index contributed by atoms with van der Waals surface area (Å²) in [5, 5.41) is 13.0. The number of benzene rings is 3. The van der Waals surface area contributed by atoms with Gasteiger partial charge >= 0.3 is 6.09 Å². The monoisotopic (exact) mass is 554 g/mol.